The maximum atomic E-state index is 12.6. The van der Waals surface area contributed by atoms with Gasteiger partial charge in [0.15, 0.2) is 5.16 Å². The highest BCUT2D eigenvalue weighted by Crippen LogP contribution is 2.36. The SMILES string of the molecule is CCCSc1nc(=O)c2c(n1C)NC(=O)C[C@@H]2c1ccc(O)cc1. The lowest BCUT2D eigenvalue weighted by molar-refractivity contribution is -0.116. The van der Waals surface area contributed by atoms with Crippen LogP contribution in [0.15, 0.2) is 34.2 Å². The Morgan fingerprint density at radius 2 is 2.04 bits per heavy atom. The van der Waals surface area contributed by atoms with Gasteiger partial charge >= 0.3 is 0 Å². The molecule has 0 radical (unpaired) electrons. The van der Waals surface area contributed by atoms with Crippen molar-refractivity contribution in [2.75, 3.05) is 11.1 Å². The molecule has 1 aliphatic rings. The Bertz CT molecular complexity index is 830. The molecule has 1 aliphatic heterocycles. The largest absolute Gasteiger partial charge is 0.508 e. The predicted octanol–water partition coefficient (Wildman–Crippen LogP) is 2.46. The number of rotatable bonds is 4. The minimum absolute atomic E-state index is 0.131. The van der Waals surface area contributed by atoms with Crippen LogP contribution in [0.1, 0.15) is 36.8 Å². The fraction of sp³-hybridized carbons (Fsp3) is 0.353. The van der Waals surface area contributed by atoms with E-state index in [-0.39, 0.29) is 29.6 Å². The molecule has 0 aliphatic carbocycles. The van der Waals surface area contributed by atoms with E-state index in [1.165, 1.54) is 11.8 Å². The molecule has 0 saturated carbocycles. The van der Waals surface area contributed by atoms with Crippen molar-refractivity contribution in [3.8, 4) is 5.75 Å². The van der Waals surface area contributed by atoms with Crippen molar-refractivity contribution in [2.24, 2.45) is 7.05 Å². The number of amides is 1. The lowest BCUT2D eigenvalue weighted by atomic mass is 9.87. The minimum Gasteiger partial charge on any atom is -0.508 e. The molecular weight excluding hydrogens is 326 g/mol. The summed E-state index contributed by atoms with van der Waals surface area (Å²) in [7, 11) is 1.81. The third kappa shape index (κ3) is 3.03. The highest BCUT2D eigenvalue weighted by molar-refractivity contribution is 7.99. The monoisotopic (exact) mass is 345 g/mol. The summed E-state index contributed by atoms with van der Waals surface area (Å²) in [6.07, 6.45) is 1.16. The van der Waals surface area contributed by atoms with E-state index in [0.29, 0.717) is 16.5 Å². The quantitative estimate of drug-likeness (QED) is 0.657. The smallest absolute Gasteiger partial charge is 0.279 e. The van der Waals surface area contributed by atoms with Gasteiger partial charge in [-0.25, -0.2) is 0 Å². The fourth-order valence-electron chi connectivity index (χ4n) is 2.85. The number of benzene rings is 1. The molecule has 3 rings (SSSR count). The maximum Gasteiger partial charge on any atom is 0.279 e. The van der Waals surface area contributed by atoms with Gasteiger partial charge in [0.1, 0.15) is 11.6 Å². The molecular formula is C17H19N3O3S. The molecule has 6 nitrogen and oxygen atoms in total. The Labute approximate surface area is 143 Å². The molecule has 7 heteroatoms. The van der Waals surface area contributed by atoms with Crippen LogP contribution in [0.25, 0.3) is 0 Å². The molecule has 0 bridgehead atoms. The second-order valence-corrected chi connectivity index (χ2v) is 6.83. The molecule has 0 saturated heterocycles. The van der Waals surface area contributed by atoms with Crippen LogP contribution < -0.4 is 10.9 Å². The molecule has 2 heterocycles. The van der Waals surface area contributed by atoms with Crippen LogP contribution in [0.5, 0.6) is 5.75 Å². The first-order valence-corrected chi connectivity index (χ1v) is 8.82. The van der Waals surface area contributed by atoms with E-state index >= 15 is 0 Å². The van der Waals surface area contributed by atoms with Gasteiger partial charge in [-0.3, -0.25) is 9.59 Å². The number of carbonyl (C=O) groups excluding carboxylic acids is 1. The predicted molar refractivity (Wildman–Crippen MR) is 93.7 cm³/mol. The Morgan fingerprint density at radius 1 is 1.33 bits per heavy atom. The van der Waals surface area contributed by atoms with Crippen molar-refractivity contribution in [1.29, 1.82) is 0 Å². The van der Waals surface area contributed by atoms with Gasteiger partial charge in [-0.1, -0.05) is 30.8 Å². The number of phenolic OH excluding ortho intramolecular Hbond substituents is 1. The van der Waals surface area contributed by atoms with Gasteiger partial charge in [-0.2, -0.15) is 4.98 Å². The summed E-state index contributed by atoms with van der Waals surface area (Å²) >= 11 is 1.50. The number of aromatic nitrogens is 2. The molecule has 1 aromatic heterocycles. The molecule has 1 atom stereocenters. The van der Waals surface area contributed by atoms with E-state index in [9.17, 15) is 14.7 Å². The van der Waals surface area contributed by atoms with E-state index in [4.69, 9.17) is 0 Å². The van der Waals surface area contributed by atoms with E-state index < -0.39 is 0 Å². The molecule has 0 unspecified atom stereocenters. The average molecular weight is 345 g/mol. The van der Waals surface area contributed by atoms with Crippen LogP contribution in [0.3, 0.4) is 0 Å². The zero-order chi connectivity index (χ0) is 17.3. The number of fused-ring (bicyclic) bond motifs is 1. The number of hydrogen-bond donors (Lipinski definition) is 2. The molecule has 1 aromatic carbocycles. The van der Waals surface area contributed by atoms with Gasteiger partial charge in [-0.05, 0) is 24.1 Å². The molecule has 2 aromatic rings. The lowest BCUT2D eigenvalue weighted by Crippen LogP contribution is -2.33. The van der Waals surface area contributed by atoms with Crippen molar-refractivity contribution < 1.29 is 9.90 Å². The number of aromatic hydroxyl groups is 1. The lowest BCUT2D eigenvalue weighted by Gasteiger charge is -2.27. The number of thioether (sulfide) groups is 1. The zero-order valence-corrected chi connectivity index (χ0v) is 14.4. The molecule has 0 spiro atoms. The summed E-state index contributed by atoms with van der Waals surface area (Å²) < 4.78 is 1.78. The summed E-state index contributed by atoms with van der Waals surface area (Å²) in [5.41, 5.74) is 1.01. The van der Waals surface area contributed by atoms with Crippen LogP contribution in [0, 0.1) is 0 Å². The van der Waals surface area contributed by atoms with E-state index in [2.05, 4.69) is 17.2 Å². The van der Waals surface area contributed by atoms with Crippen molar-refractivity contribution in [2.45, 2.75) is 30.8 Å². The number of phenols is 1. The number of hydrogen-bond acceptors (Lipinski definition) is 5. The Hall–Kier alpha value is -2.28. The fourth-order valence-corrected chi connectivity index (χ4v) is 3.67. The zero-order valence-electron chi connectivity index (χ0n) is 13.6. The molecule has 2 N–H and O–H groups in total. The molecule has 0 fully saturated rings. The van der Waals surface area contributed by atoms with Gasteiger partial charge in [-0.15, -0.1) is 0 Å². The maximum absolute atomic E-state index is 12.6. The summed E-state index contributed by atoms with van der Waals surface area (Å²) in [4.78, 5) is 29.0. The van der Waals surface area contributed by atoms with E-state index in [1.54, 1.807) is 28.8 Å². The first-order valence-electron chi connectivity index (χ1n) is 7.83. The van der Waals surface area contributed by atoms with Gasteiger partial charge in [0.2, 0.25) is 5.91 Å². The topological polar surface area (TPSA) is 84.2 Å². The molecule has 24 heavy (non-hydrogen) atoms. The van der Waals surface area contributed by atoms with E-state index in [1.807, 2.05) is 7.05 Å². The summed E-state index contributed by atoms with van der Waals surface area (Å²) in [5, 5.41) is 12.9. The standard InChI is InChI=1S/C17H19N3O3S/c1-3-8-24-17-19-16(23)14-12(10-4-6-11(21)7-5-10)9-13(22)18-15(14)20(17)2/h4-7,12,21H,3,8-9H2,1-2H3,(H,18,22)/t12-/m1/s1. The van der Waals surface area contributed by atoms with Crippen molar-refractivity contribution in [1.82, 2.24) is 9.55 Å². The summed E-state index contributed by atoms with van der Waals surface area (Å²) in [5.74, 6) is 1.03. The summed E-state index contributed by atoms with van der Waals surface area (Å²) in [6, 6.07) is 6.60. The third-order valence-electron chi connectivity index (χ3n) is 4.03. The first-order chi connectivity index (χ1) is 11.5. The van der Waals surface area contributed by atoms with Crippen LogP contribution in [-0.4, -0.2) is 26.3 Å². The number of carbonyl (C=O) groups is 1. The second-order valence-electron chi connectivity index (χ2n) is 5.77. The first kappa shape index (κ1) is 16.6. The molecule has 1 amide bonds. The minimum atomic E-state index is -0.356. The van der Waals surface area contributed by atoms with Crippen molar-refractivity contribution in [3.63, 3.8) is 0 Å². The van der Waals surface area contributed by atoms with Crippen LogP contribution in [-0.2, 0) is 11.8 Å². The molecule has 126 valence electrons. The van der Waals surface area contributed by atoms with E-state index in [0.717, 1.165) is 17.7 Å². The Morgan fingerprint density at radius 3 is 2.71 bits per heavy atom. The van der Waals surface area contributed by atoms with Crippen LogP contribution in [0.4, 0.5) is 5.82 Å². The Balaban J connectivity index is 2.12. The van der Waals surface area contributed by atoms with Gasteiger partial charge in [0, 0.05) is 25.1 Å². The number of anilines is 1. The van der Waals surface area contributed by atoms with Gasteiger partial charge in [0.05, 0.1) is 5.56 Å². The highest BCUT2D eigenvalue weighted by atomic mass is 32.2. The number of nitrogens with zero attached hydrogens (tertiary/aromatic N) is 2. The normalized spacial score (nSPS) is 16.6. The van der Waals surface area contributed by atoms with Crippen LogP contribution >= 0.6 is 11.8 Å². The summed E-state index contributed by atoms with van der Waals surface area (Å²) in [6.45, 7) is 2.06. The van der Waals surface area contributed by atoms with Crippen LogP contribution in [0.2, 0.25) is 0 Å². The third-order valence-corrected chi connectivity index (χ3v) is 5.27. The van der Waals surface area contributed by atoms with Crippen molar-refractivity contribution >= 4 is 23.5 Å². The number of nitrogens with one attached hydrogen (secondary N) is 1. The average Bonchev–Trinajstić information content (AvgIpc) is 2.56. The second kappa shape index (κ2) is 6.68. The Kier molecular flexibility index (Phi) is 4.62. The highest BCUT2D eigenvalue weighted by Gasteiger charge is 2.32. The van der Waals surface area contributed by atoms with Gasteiger partial charge in [0.25, 0.3) is 5.56 Å². The van der Waals surface area contributed by atoms with Crippen molar-refractivity contribution in [3.05, 3.63) is 45.7 Å². The van der Waals surface area contributed by atoms with Gasteiger partial charge < -0.3 is 15.0 Å².